The standard InChI is InChI=1S/C21H28N6O2S/c1-14(2)22-18(28)12-26-16-8-4-5-9-17(16)27-20(26)23-24-21(27)30-13-19(29)25-10-6-7-15(3)11-25/h4-5,8-9,14-15H,6-7,10-13H2,1-3H3,(H,22,28). The fourth-order valence-corrected chi connectivity index (χ4v) is 4.87. The van der Waals surface area contributed by atoms with Gasteiger partial charge in [-0.15, -0.1) is 10.2 Å². The van der Waals surface area contributed by atoms with Crippen LogP contribution in [0.3, 0.4) is 0 Å². The molecular weight excluding hydrogens is 400 g/mol. The van der Waals surface area contributed by atoms with Crippen molar-refractivity contribution in [2.75, 3.05) is 18.8 Å². The maximum atomic E-state index is 12.7. The van der Waals surface area contributed by atoms with Gasteiger partial charge in [0.05, 0.1) is 16.8 Å². The number of fused-ring (bicyclic) bond motifs is 3. The summed E-state index contributed by atoms with van der Waals surface area (Å²) in [5.74, 6) is 1.57. The molecule has 0 spiro atoms. The van der Waals surface area contributed by atoms with Crippen LogP contribution in [0.5, 0.6) is 0 Å². The number of thioether (sulfide) groups is 1. The zero-order chi connectivity index (χ0) is 21.3. The van der Waals surface area contributed by atoms with Crippen LogP contribution >= 0.6 is 11.8 Å². The molecule has 0 aliphatic carbocycles. The molecule has 160 valence electrons. The number of hydrogen-bond donors (Lipinski definition) is 1. The minimum atomic E-state index is -0.0696. The largest absolute Gasteiger partial charge is 0.352 e. The van der Waals surface area contributed by atoms with Gasteiger partial charge in [0.25, 0.3) is 0 Å². The van der Waals surface area contributed by atoms with Gasteiger partial charge in [0.1, 0.15) is 6.54 Å². The Bertz CT molecular complexity index is 1070. The van der Waals surface area contributed by atoms with Crippen molar-refractivity contribution in [1.82, 2.24) is 29.4 Å². The Balaban J connectivity index is 1.59. The van der Waals surface area contributed by atoms with Gasteiger partial charge in [0.15, 0.2) is 5.16 Å². The highest BCUT2D eigenvalue weighted by Crippen LogP contribution is 2.26. The normalized spacial score (nSPS) is 17.2. The van der Waals surface area contributed by atoms with Gasteiger partial charge in [0, 0.05) is 19.1 Å². The van der Waals surface area contributed by atoms with E-state index in [4.69, 9.17) is 0 Å². The van der Waals surface area contributed by atoms with Crippen molar-refractivity contribution in [3.05, 3.63) is 24.3 Å². The number of aromatic nitrogens is 4. The van der Waals surface area contributed by atoms with Gasteiger partial charge in [-0.25, -0.2) is 0 Å². The number of piperidine rings is 1. The van der Waals surface area contributed by atoms with E-state index in [1.165, 1.54) is 18.2 Å². The molecule has 1 atom stereocenters. The first-order chi connectivity index (χ1) is 14.4. The molecule has 0 radical (unpaired) electrons. The van der Waals surface area contributed by atoms with Crippen molar-refractivity contribution in [3.8, 4) is 0 Å². The van der Waals surface area contributed by atoms with Crippen molar-refractivity contribution < 1.29 is 9.59 Å². The third-order valence-electron chi connectivity index (χ3n) is 5.36. The van der Waals surface area contributed by atoms with Crippen molar-refractivity contribution in [1.29, 1.82) is 0 Å². The highest BCUT2D eigenvalue weighted by Gasteiger charge is 2.23. The lowest BCUT2D eigenvalue weighted by atomic mass is 10.0. The molecular formula is C21H28N6O2S. The molecule has 0 saturated carbocycles. The fraction of sp³-hybridized carbons (Fsp3) is 0.524. The number of carbonyl (C=O) groups is 2. The molecule has 1 N–H and O–H groups in total. The van der Waals surface area contributed by atoms with Gasteiger partial charge >= 0.3 is 0 Å². The molecule has 2 aromatic heterocycles. The number of rotatable bonds is 6. The lowest BCUT2D eigenvalue weighted by molar-refractivity contribution is -0.130. The molecule has 30 heavy (non-hydrogen) atoms. The Labute approximate surface area is 180 Å². The van der Waals surface area contributed by atoms with Gasteiger partial charge in [0.2, 0.25) is 17.6 Å². The lowest BCUT2D eigenvalue weighted by Gasteiger charge is -2.30. The quantitative estimate of drug-likeness (QED) is 0.610. The number of likely N-dealkylation sites (tertiary alicyclic amines) is 1. The van der Waals surface area contributed by atoms with Gasteiger partial charge in [-0.3, -0.25) is 18.6 Å². The molecule has 3 heterocycles. The molecule has 1 saturated heterocycles. The van der Waals surface area contributed by atoms with Crippen LogP contribution in [0.4, 0.5) is 0 Å². The molecule has 3 aromatic rings. The summed E-state index contributed by atoms with van der Waals surface area (Å²) in [5.41, 5.74) is 1.84. The predicted octanol–water partition coefficient (Wildman–Crippen LogP) is 2.56. The Morgan fingerprint density at radius 1 is 1.23 bits per heavy atom. The second-order valence-corrected chi connectivity index (χ2v) is 9.23. The number of nitrogens with one attached hydrogen (secondary N) is 1. The first-order valence-corrected chi connectivity index (χ1v) is 11.4. The zero-order valence-electron chi connectivity index (χ0n) is 17.7. The molecule has 4 rings (SSSR count). The molecule has 8 nitrogen and oxygen atoms in total. The van der Waals surface area contributed by atoms with Crippen molar-refractivity contribution in [2.24, 2.45) is 5.92 Å². The monoisotopic (exact) mass is 428 g/mol. The first kappa shape index (κ1) is 20.7. The van der Waals surface area contributed by atoms with Crippen LogP contribution in [0.1, 0.15) is 33.6 Å². The lowest BCUT2D eigenvalue weighted by Crippen LogP contribution is -2.40. The predicted molar refractivity (Wildman–Crippen MR) is 117 cm³/mol. The van der Waals surface area contributed by atoms with Crippen LogP contribution in [0, 0.1) is 5.92 Å². The second kappa shape index (κ2) is 8.67. The van der Waals surface area contributed by atoms with E-state index >= 15 is 0 Å². The van der Waals surface area contributed by atoms with E-state index in [9.17, 15) is 9.59 Å². The van der Waals surface area contributed by atoms with Gasteiger partial charge in [-0.2, -0.15) is 0 Å². The van der Waals surface area contributed by atoms with Crippen LogP contribution in [-0.4, -0.2) is 60.8 Å². The van der Waals surface area contributed by atoms with Crippen molar-refractivity contribution in [2.45, 2.75) is 51.4 Å². The number of nitrogens with zero attached hydrogens (tertiary/aromatic N) is 5. The summed E-state index contributed by atoms with van der Waals surface area (Å²) in [6.45, 7) is 7.91. The van der Waals surface area contributed by atoms with Crippen LogP contribution in [-0.2, 0) is 16.1 Å². The smallest absolute Gasteiger partial charge is 0.240 e. The summed E-state index contributed by atoms with van der Waals surface area (Å²) in [6.07, 6.45) is 2.25. The summed E-state index contributed by atoms with van der Waals surface area (Å²) in [5, 5.41) is 12.3. The summed E-state index contributed by atoms with van der Waals surface area (Å²) < 4.78 is 3.81. The van der Waals surface area contributed by atoms with E-state index in [2.05, 4.69) is 22.4 Å². The molecule has 1 fully saturated rings. The minimum absolute atomic E-state index is 0.0696. The Kier molecular flexibility index (Phi) is 5.99. The summed E-state index contributed by atoms with van der Waals surface area (Å²) in [6, 6.07) is 7.93. The summed E-state index contributed by atoms with van der Waals surface area (Å²) in [4.78, 5) is 27.0. The number of carbonyl (C=O) groups excluding carboxylic acids is 2. The summed E-state index contributed by atoms with van der Waals surface area (Å²) in [7, 11) is 0. The Morgan fingerprint density at radius 2 is 2.00 bits per heavy atom. The number of para-hydroxylation sites is 2. The van der Waals surface area contributed by atoms with Crippen LogP contribution in [0.15, 0.2) is 29.4 Å². The second-order valence-electron chi connectivity index (χ2n) is 8.29. The molecule has 9 heteroatoms. The molecule has 1 aliphatic rings. The molecule has 0 bridgehead atoms. The zero-order valence-corrected chi connectivity index (χ0v) is 18.5. The van der Waals surface area contributed by atoms with Gasteiger partial charge in [-0.05, 0) is 44.7 Å². The number of amides is 2. The van der Waals surface area contributed by atoms with E-state index in [0.717, 1.165) is 30.5 Å². The third kappa shape index (κ3) is 4.16. The average molecular weight is 429 g/mol. The maximum absolute atomic E-state index is 12.7. The molecule has 2 amide bonds. The van der Waals surface area contributed by atoms with Crippen LogP contribution < -0.4 is 5.32 Å². The Hall–Kier alpha value is -2.55. The van der Waals surface area contributed by atoms with Crippen LogP contribution in [0.25, 0.3) is 16.8 Å². The molecule has 1 aliphatic heterocycles. The first-order valence-electron chi connectivity index (χ1n) is 10.5. The molecule has 1 aromatic carbocycles. The summed E-state index contributed by atoms with van der Waals surface area (Å²) >= 11 is 1.40. The fourth-order valence-electron chi connectivity index (χ4n) is 4.03. The van der Waals surface area contributed by atoms with Crippen molar-refractivity contribution >= 4 is 40.4 Å². The van der Waals surface area contributed by atoms with Crippen LogP contribution in [0.2, 0.25) is 0 Å². The number of hydrogen-bond acceptors (Lipinski definition) is 5. The van der Waals surface area contributed by atoms with E-state index in [-0.39, 0.29) is 24.4 Å². The van der Waals surface area contributed by atoms with E-state index in [1.54, 1.807) is 0 Å². The van der Waals surface area contributed by atoms with E-state index in [0.29, 0.717) is 22.6 Å². The number of imidazole rings is 1. The maximum Gasteiger partial charge on any atom is 0.240 e. The van der Waals surface area contributed by atoms with E-state index < -0.39 is 0 Å². The highest BCUT2D eigenvalue weighted by atomic mass is 32.2. The van der Waals surface area contributed by atoms with Crippen molar-refractivity contribution in [3.63, 3.8) is 0 Å². The van der Waals surface area contributed by atoms with Gasteiger partial charge in [-0.1, -0.05) is 30.8 Å². The molecule has 1 unspecified atom stereocenters. The Morgan fingerprint density at radius 3 is 2.73 bits per heavy atom. The minimum Gasteiger partial charge on any atom is -0.352 e. The number of benzene rings is 1. The average Bonchev–Trinajstić information content (AvgIpc) is 3.25. The topological polar surface area (TPSA) is 84.5 Å². The van der Waals surface area contributed by atoms with E-state index in [1.807, 2.05) is 52.0 Å². The van der Waals surface area contributed by atoms with Gasteiger partial charge < -0.3 is 10.2 Å². The third-order valence-corrected chi connectivity index (χ3v) is 6.27. The SMILES string of the molecule is CC1CCCN(C(=O)CSc2nnc3n(CC(=O)NC(C)C)c4ccccc4n23)C1. The highest BCUT2D eigenvalue weighted by molar-refractivity contribution is 7.99.